The smallest absolute Gasteiger partial charge is 0.220 e. The standard InChI is InChI=1S/C23H40N2O3/c1-21(2)15-19(24-17-7-12-28-13-8-17)23(9-6-20(26)25-16-4-5-16)11-10-22(3,27)14-18(21)23/h16-19,24,27H,4-15H2,1-3H3,(H,25,26)/t18-,19-,22-,23-/m0/s1. The van der Waals surface area contributed by atoms with Gasteiger partial charge in [-0.1, -0.05) is 13.8 Å². The van der Waals surface area contributed by atoms with Gasteiger partial charge < -0.3 is 20.5 Å². The molecule has 0 aromatic heterocycles. The minimum atomic E-state index is -0.574. The van der Waals surface area contributed by atoms with Crippen LogP contribution in [0.25, 0.3) is 0 Å². The molecule has 3 saturated carbocycles. The van der Waals surface area contributed by atoms with Crippen molar-refractivity contribution in [3.8, 4) is 0 Å². The lowest BCUT2D eigenvalue weighted by Crippen LogP contribution is -2.54. The maximum absolute atomic E-state index is 12.5. The summed E-state index contributed by atoms with van der Waals surface area (Å²) < 4.78 is 5.56. The van der Waals surface area contributed by atoms with Crippen LogP contribution < -0.4 is 10.6 Å². The molecule has 3 aliphatic carbocycles. The monoisotopic (exact) mass is 392 g/mol. The highest BCUT2D eigenvalue weighted by molar-refractivity contribution is 5.76. The van der Waals surface area contributed by atoms with Crippen molar-refractivity contribution in [2.75, 3.05) is 13.2 Å². The Hall–Kier alpha value is -0.650. The van der Waals surface area contributed by atoms with E-state index >= 15 is 0 Å². The molecule has 5 nitrogen and oxygen atoms in total. The van der Waals surface area contributed by atoms with Crippen LogP contribution in [-0.4, -0.2) is 48.0 Å². The molecule has 28 heavy (non-hydrogen) atoms. The SMILES string of the molecule is CC1(C)C[C@H](NC2CCOCC2)[C@@]2(CCC(=O)NC3CC3)CC[C@](C)(O)C[C@@H]12. The number of aliphatic hydroxyl groups is 1. The molecule has 4 aliphatic rings. The Balaban J connectivity index is 1.53. The summed E-state index contributed by atoms with van der Waals surface area (Å²) in [5.74, 6) is 0.678. The number of carbonyl (C=O) groups is 1. The summed E-state index contributed by atoms with van der Waals surface area (Å²) in [7, 11) is 0. The lowest BCUT2D eigenvalue weighted by Gasteiger charge is -2.51. The van der Waals surface area contributed by atoms with E-state index in [9.17, 15) is 9.90 Å². The highest BCUT2D eigenvalue weighted by atomic mass is 16.5. The Kier molecular flexibility index (Phi) is 5.56. The third kappa shape index (κ3) is 4.27. The van der Waals surface area contributed by atoms with Crippen molar-refractivity contribution >= 4 is 5.91 Å². The molecule has 160 valence electrons. The largest absolute Gasteiger partial charge is 0.390 e. The first kappa shape index (κ1) is 20.6. The van der Waals surface area contributed by atoms with Crippen LogP contribution in [0.1, 0.15) is 85.0 Å². The molecule has 0 unspecified atom stereocenters. The Morgan fingerprint density at radius 1 is 1.04 bits per heavy atom. The van der Waals surface area contributed by atoms with Gasteiger partial charge in [0.2, 0.25) is 5.91 Å². The molecule has 1 saturated heterocycles. The Bertz CT molecular complexity index is 580. The molecule has 0 spiro atoms. The molecule has 4 atom stereocenters. The van der Waals surface area contributed by atoms with Crippen LogP contribution in [-0.2, 0) is 9.53 Å². The van der Waals surface area contributed by atoms with Crippen LogP contribution >= 0.6 is 0 Å². The molecule has 4 rings (SSSR count). The topological polar surface area (TPSA) is 70.6 Å². The van der Waals surface area contributed by atoms with Crippen molar-refractivity contribution in [3.05, 3.63) is 0 Å². The molecule has 0 bridgehead atoms. The number of hydrogen-bond acceptors (Lipinski definition) is 4. The minimum Gasteiger partial charge on any atom is -0.390 e. The summed E-state index contributed by atoms with van der Waals surface area (Å²) in [5, 5.41) is 18.1. The Morgan fingerprint density at radius 2 is 1.75 bits per heavy atom. The summed E-state index contributed by atoms with van der Waals surface area (Å²) >= 11 is 0. The average molecular weight is 393 g/mol. The number of rotatable bonds is 6. The Labute approximate surface area is 170 Å². The minimum absolute atomic E-state index is 0.116. The van der Waals surface area contributed by atoms with Crippen molar-refractivity contribution in [2.45, 2.75) is 109 Å². The molecule has 1 heterocycles. The summed E-state index contributed by atoms with van der Waals surface area (Å²) in [6.07, 6.45) is 9.86. The van der Waals surface area contributed by atoms with Gasteiger partial charge in [-0.25, -0.2) is 0 Å². The first-order valence-electron chi connectivity index (χ1n) is 11.6. The second-order valence-electron chi connectivity index (χ2n) is 11.1. The van der Waals surface area contributed by atoms with Crippen LogP contribution in [0.5, 0.6) is 0 Å². The van der Waals surface area contributed by atoms with Crippen LogP contribution in [0.3, 0.4) is 0 Å². The second kappa shape index (κ2) is 7.55. The van der Waals surface area contributed by atoms with Crippen molar-refractivity contribution in [1.29, 1.82) is 0 Å². The van der Waals surface area contributed by atoms with E-state index in [1.54, 1.807) is 0 Å². The molecular weight excluding hydrogens is 352 g/mol. The van der Waals surface area contributed by atoms with Gasteiger partial charge in [-0.15, -0.1) is 0 Å². The highest BCUT2D eigenvalue weighted by Gasteiger charge is 2.61. The fourth-order valence-corrected chi connectivity index (χ4v) is 6.49. The van der Waals surface area contributed by atoms with E-state index in [0.29, 0.717) is 30.5 Å². The van der Waals surface area contributed by atoms with Gasteiger partial charge in [0.05, 0.1) is 5.60 Å². The van der Waals surface area contributed by atoms with Crippen LogP contribution in [0.15, 0.2) is 0 Å². The van der Waals surface area contributed by atoms with Gasteiger partial charge in [0.25, 0.3) is 0 Å². The zero-order chi connectivity index (χ0) is 20.0. The number of nitrogens with one attached hydrogen (secondary N) is 2. The number of hydrogen-bond donors (Lipinski definition) is 3. The van der Waals surface area contributed by atoms with E-state index in [4.69, 9.17) is 4.74 Å². The number of amides is 1. The van der Waals surface area contributed by atoms with Gasteiger partial charge in [-0.05, 0) is 81.5 Å². The summed E-state index contributed by atoms with van der Waals surface area (Å²) in [5.41, 5.74) is -0.277. The fraction of sp³-hybridized carbons (Fsp3) is 0.957. The molecule has 0 aromatic carbocycles. The van der Waals surface area contributed by atoms with E-state index in [1.807, 2.05) is 6.92 Å². The molecular formula is C23H40N2O3. The zero-order valence-electron chi connectivity index (χ0n) is 18.1. The zero-order valence-corrected chi connectivity index (χ0v) is 18.1. The summed E-state index contributed by atoms with van der Waals surface area (Å²) in [4.78, 5) is 12.5. The predicted molar refractivity (Wildman–Crippen MR) is 110 cm³/mol. The number of ether oxygens (including phenoxy) is 1. The van der Waals surface area contributed by atoms with E-state index in [1.165, 1.54) is 0 Å². The first-order valence-corrected chi connectivity index (χ1v) is 11.6. The molecule has 5 heteroatoms. The second-order valence-corrected chi connectivity index (χ2v) is 11.1. The van der Waals surface area contributed by atoms with Crippen LogP contribution in [0.4, 0.5) is 0 Å². The van der Waals surface area contributed by atoms with Gasteiger partial charge in [0.15, 0.2) is 0 Å². The molecule has 1 amide bonds. The molecule has 1 aliphatic heterocycles. The maximum atomic E-state index is 12.5. The predicted octanol–water partition coefficient (Wildman–Crippen LogP) is 3.15. The fourth-order valence-electron chi connectivity index (χ4n) is 6.49. The van der Waals surface area contributed by atoms with Gasteiger partial charge in [-0.3, -0.25) is 4.79 Å². The van der Waals surface area contributed by atoms with Gasteiger partial charge in [0, 0.05) is 37.8 Å². The highest BCUT2D eigenvalue weighted by Crippen LogP contribution is 2.64. The van der Waals surface area contributed by atoms with Gasteiger partial charge in [-0.2, -0.15) is 0 Å². The van der Waals surface area contributed by atoms with E-state index in [2.05, 4.69) is 24.5 Å². The first-order chi connectivity index (χ1) is 13.2. The van der Waals surface area contributed by atoms with Crippen LogP contribution in [0, 0.1) is 16.7 Å². The van der Waals surface area contributed by atoms with Gasteiger partial charge in [0.1, 0.15) is 0 Å². The van der Waals surface area contributed by atoms with Crippen molar-refractivity contribution in [2.24, 2.45) is 16.7 Å². The van der Waals surface area contributed by atoms with Crippen molar-refractivity contribution in [1.82, 2.24) is 10.6 Å². The van der Waals surface area contributed by atoms with Crippen molar-refractivity contribution in [3.63, 3.8) is 0 Å². The number of carbonyl (C=O) groups excluding carboxylic acids is 1. The van der Waals surface area contributed by atoms with Crippen LogP contribution in [0.2, 0.25) is 0 Å². The summed E-state index contributed by atoms with van der Waals surface area (Å²) in [6.45, 7) is 8.46. The van der Waals surface area contributed by atoms with E-state index in [-0.39, 0.29) is 16.7 Å². The van der Waals surface area contributed by atoms with E-state index < -0.39 is 5.60 Å². The lowest BCUT2D eigenvalue weighted by molar-refractivity contribution is -0.123. The normalized spacial score (nSPS) is 40.9. The van der Waals surface area contributed by atoms with E-state index in [0.717, 1.165) is 71.0 Å². The average Bonchev–Trinajstić information content (AvgIpc) is 3.41. The molecule has 4 fully saturated rings. The maximum Gasteiger partial charge on any atom is 0.220 e. The third-order valence-corrected chi connectivity index (χ3v) is 8.25. The lowest BCUT2D eigenvalue weighted by atomic mass is 9.57. The number of fused-ring (bicyclic) bond motifs is 1. The third-order valence-electron chi connectivity index (χ3n) is 8.25. The van der Waals surface area contributed by atoms with Gasteiger partial charge >= 0.3 is 0 Å². The van der Waals surface area contributed by atoms with Crippen molar-refractivity contribution < 1.29 is 14.6 Å². The quantitative estimate of drug-likeness (QED) is 0.649. The molecule has 0 aromatic rings. The summed E-state index contributed by atoms with van der Waals surface area (Å²) in [6, 6.07) is 1.39. The molecule has 0 radical (unpaired) electrons. The molecule has 3 N–H and O–H groups in total. The Morgan fingerprint density at radius 3 is 2.43 bits per heavy atom.